The second-order valence-corrected chi connectivity index (χ2v) is 5.57. The summed E-state index contributed by atoms with van der Waals surface area (Å²) in [5.41, 5.74) is 0.631. The van der Waals surface area contributed by atoms with Gasteiger partial charge in [0.2, 0.25) is 0 Å². The number of likely N-dealkylation sites (tertiary alicyclic amines) is 1. The molecule has 1 aliphatic rings. The number of hydrogen-bond donors (Lipinski definition) is 2. The molecule has 1 heterocycles. The summed E-state index contributed by atoms with van der Waals surface area (Å²) in [7, 11) is 0. The zero-order valence-electron chi connectivity index (χ0n) is 11.3. The SMILES string of the molecule is O=C(O)C(c1ccccc1Cl)N1CCCCC1CCO. The Bertz CT molecular complexity index is 464. The van der Waals surface area contributed by atoms with Gasteiger partial charge in [0.15, 0.2) is 0 Å². The third-order valence-corrected chi connectivity index (χ3v) is 4.24. The normalized spacial score (nSPS) is 21.6. The van der Waals surface area contributed by atoms with Gasteiger partial charge < -0.3 is 10.2 Å². The second kappa shape index (κ2) is 7.07. The highest BCUT2D eigenvalue weighted by molar-refractivity contribution is 6.31. The summed E-state index contributed by atoms with van der Waals surface area (Å²) < 4.78 is 0. The van der Waals surface area contributed by atoms with Gasteiger partial charge in [-0.1, -0.05) is 36.2 Å². The molecule has 0 radical (unpaired) electrons. The Balaban J connectivity index is 2.32. The van der Waals surface area contributed by atoms with Gasteiger partial charge in [-0.3, -0.25) is 9.69 Å². The van der Waals surface area contributed by atoms with Gasteiger partial charge in [0.05, 0.1) is 0 Å². The van der Waals surface area contributed by atoms with E-state index in [0.717, 1.165) is 25.8 Å². The average molecular weight is 298 g/mol. The lowest BCUT2D eigenvalue weighted by atomic mass is 9.94. The molecule has 1 aliphatic heterocycles. The number of hydrogen-bond acceptors (Lipinski definition) is 3. The molecular weight excluding hydrogens is 278 g/mol. The lowest BCUT2D eigenvalue weighted by Gasteiger charge is -2.39. The zero-order valence-corrected chi connectivity index (χ0v) is 12.1. The molecule has 4 nitrogen and oxygen atoms in total. The number of aliphatic hydroxyl groups is 1. The minimum atomic E-state index is -0.886. The first-order valence-electron chi connectivity index (χ1n) is 6.99. The average Bonchev–Trinajstić information content (AvgIpc) is 2.43. The summed E-state index contributed by atoms with van der Waals surface area (Å²) in [4.78, 5) is 13.7. The van der Waals surface area contributed by atoms with Crippen molar-refractivity contribution in [2.24, 2.45) is 0 Å². The predicted octanol–water partition coefficient (Wildman–Crippen LogP) is 2.70. The molecule has 5 heteroatoms. The summed E-state index contributed by atoms with van der Waals surface area (Å²) in [5, 5.41) is 19.3. The van der Waals surface area contributed by atoms with E-state index in [1.54, 1.807) is 18.2 Å². The largest absolute Gasteiger partial charge is 0.480 e. The molecule has 0 amide bonds. The smallest absolute Gasteiger partial charge is 0.325 e. The van der Waals surface area contributed by atoms with E-state index in [1.807, 2.05) is 11.0 Å². The van der Waals surface area contributed by atoms with E-state index in [1.165, 1.54) is 0 Å². The van der Waals surface area contributed by atoms with Gasteiger partial charge in [0.1, 0.15) is 6.04 Å². The van der Waals surface area contributed by atoms with E-state index < -0.39 is 12.0 Å². The van der Waals surface area contributed by atoms with Gasteiger partial charge in [-0.2, -0.15) is 0 Å². The molecule has 0 bridgehead atoms. The van der Waals surface area contributed by atoms with Gasteiger partial charge in [0, 0.05) is 17.7 Å². The van der Waals surface area contributed by atoms with Crippen LogP contribution in [0, 0.1) is 0 Å². The second-order valence-electron chi connectivity index (χ2n) is 5.16. The van der Waals surface area contributed by atoms with Gasteiger partial charge in [0.25, 0.3) is 0 Å². The van der Waals surface area contributed by atoms with E-state index in [9.17, 15) is 15.0 Å². The Labute approximate surface area is 124 Å². The van der Waals surface area contributed by atoms with Crippen molar-refractivity contribution in [1.82, 2.24) is 4.90 Å². The molecule has 2 unspecified atom stereocenters. The molecule has 2 atom stereocenters. The lowest BCUT2D eigenvalue weighted by molar-refractivity contribution is -0.145. The van der Waals surface area contributed by atoms with Crippen molar-refractivity contribution in [3.05, 3.63) is 34.9 Å². The van der Waals surface area contributed by atoms with Gasteiger partial charge in [-0.25, -0.2) is 0 Å². The van der Waals surface area contributed by atoms with Crippen LogP contribution in [0.2, 0.25) is 5.02 Å². The number of carboxylic acids is 1. The molecule has 0 aromatic heterocycles. The summed E-state index contributed by atoms with van der Waals surface area (Å²) in [5.74, 6) is -0.886. The molecule has 0 saturated carbocycles. The van der Waals surface area contributed by atoms with Crippen molar-refractivity contribution in [2.75, 3.05) is 13.2 Å². The summed E-state index contributed by atoms with van der Waals surface area (Å²) in [6, 6.07) is 6.46. The Hall–Kier alpha value is -1.10. The van der Waals surface area contributed by atoms with Crippen molar-refractivity contribution < 1.29 is 15.0 Å². The minimum absolute atomic E-state index is 0.0794. The first-order valence-corrected chi connectivity index (χ1v) is 7.36. The maximum atomic E-state index is 11.7. The van der Waals surface area contributed by atoms with Crippen LogP contribution in [0.4, 0.5) is 0 Å². The number of aliphatic carboxylic acids is 1. The summed E-state index contributed by atoms with van der Waals surface area (Å²) in [6.45, 7) is 0.808. The highest BCUT2D eigenvalue weighted by atomic mass is 35.5. The van der Waals surface area contributed by atoms with Crippen LogP contribution in [0.5, 0.6) is 0 Å². The van der Waals surface area contributed by atoms with Crippen LogP contribution in [0.25, 0.3) is 0 Å². The van der Waals surface area contributed by atoms with Gasteiger partial charge in [-0.15, -0.1) is 0 Å². The molecule has 110 valence electrons. The van der Waals surface area contributed by atoms with Crippen LogP contribution in [-0.4, -0.2) is 40.3 Å². The van der Waals surface area contributed by atoms with Crippen molar-refractivity contribution in [1.29, 1.82) is 0 Å². The van der Waals surface area contributed by atoms with Crippen LogP contribution in [0.15, 0.2) is 24.3 Å². The van der Waals surface area contributed by atoms with Crippen LogP contribution in [-0.2, 0) is 4.79 Å². The van der Waals surface area contributed by atoms with Crippen LogP contribution < -0.4 is 0 Å². The van der Waals surface area contributed by atoms with Crippen molar-refractivity contribution in [3.8, 4) is 0 Å². The van der Waals surface area contributed by atoms with Crippen LogP contribution >= 0.6 is 11.6 Å². The molecule has 2 N–H and O–H groups in total. The number of piperidine rings is 1. The quantitative estimate of drug-likeness (QED) is 0.877. The van der Waals surface area contributed by atoms with Crippen LogP contribution in [0.1, 0.15) is 37.3 Å². The Morgan fingerprint density at radius 2 is 2.15 bits per heavy atom. The fourth-order valence-corrected chi connectivity index (χ4v) is 3.21. The van der Waals surface area contributed by atoms with E-state index >= 15 is 0 Å². The number of nitrogens with zero attached hydrogens (tertiary/aromatic N) is 1. The maximum absolute atomic E-state index is 11.7. The highest BCUT2D eigenvalue weighted by Gasteiger charge is 2.34. The summed E-state index contributed by atoms with van der Waals surface area (Å²) in [6.07, 6.45) is 3.59. The number of halogens is 1. The fraction of sp³-hybridized carbons (Fsp3) is 0.533. The fourth-order valence-electron chi connectivity index (χ4n) is 2.97. The highest BCUT2D eigenvalue weighted by Crippen LogP contribution is 2.33. The predicted molar refractivity (Wildman–Crippen MR) is 77.9 cm³/mol. The molecule has 1 aromatic rings. The first kappa shape index (κ1) is 15.3. The molecule has 20 heavy (non-hydrogen) atoms. The molecule has 1 fully saturated rings. The van der Waals surface area contributed by atoms with Crippen LogP contribution in [0.3, 0.4) is 0 Å². The van der Waals surface area contributed by atoms with E-state index in [4.69, 9.17) is 11.6 Å². The topological polar surface area (TPSA) is 60.8 Å². The van der Waals surface area contributed by atoms with E-state index in [-0.39, 0.29) is 12.6 Å². The molecular formula is C15H20ClNO3. The first-order chi connectivity index (χ1) is 9.65. The Kier molecular flexibility index (Phi) is 5.40. The van der Waals surface area contributed by atoms with E-state index in [0.29, 0.717) is 17.0 Å². The van der Waals surface area contributed by atoms with Gasteiger partial charge >= 0.3 is 5.97 Å². The lowest BCUT2D eigenvalue weighted by Crippen LogP contribution is -2.45. The maximum Gasteiger partial charge on any atom is 0.325 e. The molecule has 2 rings (SSSR count). The van der Waals surface area contributed by atoms with Crippen molar-refractivity contribution in [2.45, 2.75) is 37.8 Å². The molecule has 1 saturated heterocycles. The van der Waals surface area contributed by atoms with Crippen molar-refractivity contribution >= 4 is 17.6 Å². The van der Waals surface area contributed by atoms with E-state index in [2.05, 4.69) is 0 Å². The molecule has 0 aliphatic carbocycles. The minimum Gasteiger partial charge on any atom is -0.480 e. The number of benzene rings is 1. The number of rotatable bonds is 5. The number of aliphatic hydroxyl groups excluding tert-OH is 1. The third-order valence-electron chi connectivity index (χ3n) is 3.90. The number of carbonyl (C=O) groups is 1. The van der Waals surface area contributed by atoms with Gasteiger partial charge in [-0.05, 0) is 37.4 Å². The Morgan fingerprint density at radius 3 is 2.80 bits per heavy atom. The Morgan fingerprint density at radius 1 is 1.40 bits per heavy atom. The molecule has 1 aromatic carbocycles. The summed E-state index contributed by atoms with van der Waals surface area (Å²) >= 11 is 6.17. The molecule has 0 spiro atoms. The van der Waals surface area contributed by atoms with Crippen molar-refractivity contribution in [3.63, 3.8) is 0 Å². The zero-order chi connectivity index (χ0) is 14.5. The standard InChI is InChI=1S/C15H20ClNO3/c16-13-7-2-1-6-12(13)14(15(19)20)17-9-4-3-5-11(17)8-10-18/h1-2,6-7,11,14,18H,3-5,8-10H2,(H,19,20). The third kappa shape index (κ3) is 3.32. The monoisotopic (exact) mass is 297 g/mol. The number of carboxylic acid groups (broad SMARTS) is 1.